The van der Waals surface area contributed by atoms with Crippen molar-refractivity contribution in [2.75, 3.05) is 6.61 Å². The number of rotatable bonds is 3. The molecule has 0 spiro atoms. The van der Waals surface area contributed by atoms with Crippen molar-refractivity contribution < 1.29 is 14.4 Å². The summed E-state index contributed by atoms with van der Waals surface area (Å²) in [7, 11) is -0.519. The second kappa shape index (κ2) is 5.27. The van der Waals surface area contributed by atoms with Gasteiger partial charge in [-0.05, 0) is 56.2 Å². The van der Waals surface area contributed by atoms with E-state index in [1.165, 1.54) is 5.39 Å². The van der Waals surface area contributed by atoms with E-state index in [4.69, 9.17) is 9.31 Å². The van der Waals surface area contributed by atoms with E-state index >= 15 is 0 Å². The molecule has 0 saturated carbocycles. The van der Waals surface area contributed by atoms with Crippen LogP contribution in [-0.4, -0.2) is 35.0 Å². The molecule has 5 heteroatoms. The summed E-state index contributed by atoms with van der Waals surface area (Å²) in [4.78, 5) is 3.19. The van der Waals surface area contributed by atoms with Crippen LogP contribution in [0.1, 0.15) is 33.3 Å². The van der Waals surface area contributed by atoms with Crippen molar-refractivity contribution in [2.24, 2.45) is 0 Å². The summed E-state index contributed by atoms with van der Waals surface area (Å²) in [6.07, 6.45) is 3.85. The van der Waals surface area contributed by atoms with E-state index in [1.807, 2.05) is 52.1 Å². The van der Waals surface area contributed by atoms with Crippen molar-refractivity contribution in [2.45, 2.75) is 38.9 Å². The lowest BCUT2D eigenvalue weighted by Gasteiger charge is -2.32. The van der Waals surface area contributed by atoms with Gasteiger partial charge in [0.25, 0.3) is 0 Å². The summed E-state index contributed by atoms with van der Waals surface area (Å²) in [6, 6.07) is 8.16. The number of aliphatic hydroxyl groups excluding tert-OH is 1. The molecule has 1 saturated heterocycles. The highest BCUT2D eigenvalue weighted by molar-refractivity contribution is 6.55. The van der Waals surface area contributed by atoms with E-state index in [0.717, 1.165) is 16.6 Å². The largest absolute Gasteiger partial charge is 0.492 e. The molecular formula is C17H22BNO3. The highest BCUT2D eigenvalue weighted by Crippen LogP contribution is 2.38. The molecule has 0 radical (unpaired) electrons. The molecule has 1 fully saturated rings. The standard InChI is InChI=1S/C17H22BNO3/c1-16(2)17(3,4)22-18(21-16)14(11-20)9-12-5-6-13-7-8-19-15(13)10-12/h5-10,19-20H,11H2,1-4H3. The smallest absolute Gasteiger partial charge is 0.400 e. The maximum Gasteiger partial charge on any atom is 0.492 e. The fourth-order valence-electron chi connectivity index (χ4n) is 2.55. The van der Waals surface area contributed by atoms with Crippen LogP contribution in [0.3, 0.4) is 0 Å². The number of hydrogen-bond donors (Lipinski definition) is 2. The monoisotopic (exact) mass is 299 g/mol. The first-order valence-corrected chi connectivity index (χ1v) is 7.56. The van der Waals surface area contributed by atoms with Crippen molar-refractivity contribution in [3.8, 4) is 0 Å². The van der Waals surface area contributed by atoms with E-state index in [0.29, 0.717) is 0 Å². The normalized spacial score (nSPS) is 20.8. The molecule has 0 amide bonds. The number of benzene rings is 1. The van der Waals surface area contributed by atoms with Gasteiger partial charge in [-0.1, -0.05) is 18.2 Å². The van der Waals surface area contributed by atoms with Gasteiger partial charge in [0.15, 0.2) is 0 Å². The Hall–Kier alpha value is -1.56. The molecule has 1 aliphatic rings. The van der Waals surface area contributed by atoms with E-state index in [2.05, 4.69) is 17.1 Å². The first-order chi connectivity index (χ1) is 10.3. The van der Waals surface area contributed by atoms with Crippen molar-refractivity contribution in [3.05, 3.63) is 41.5 Å². The highest BCUT2D eigenvalue weighted by Gasteiger charge is 2.52. The van der Waals surface area contributed by atoms with Crippen LogP contribution in [0.25, 0.3) is 17.0 Å². The molecule has 3 rings (SSSR count). The lowest BCUT2D eigenvalue weighted by atomic mass is 9.77. The Morgan fingerprint density at radius 2 is 1.86 bits per heavy atom. The summed E-state index contributed by atoms with van der Waals surface area (Å²) in [6.45, 7) is 7.93. The Bertz CT molecular complexity index is 702. The van der Waals surface area contributed by atoms with Crippen molar-refractivity contribution in [1.82, 2.24) is 4.98 Å². The van der Waals surface area contributed by atoms with E-state index < -0.39 is 18.3 Å². The van der Waals surface area contributed by atoms with Crippen LogP contribution >= 0.6 is 0 Å². The Balaban J connectivity index is 1.90. The lowest BCUT2D eigenvalue weighted by molar-refractivity contribution is 0.00578. The Labute approximate surface area is 131 Å². The fourth-order valence-corrected chi connectivity index (χ4v) is 2.55. The summed E-state index contributed by atoms with van der Waals surface area (Å²) < 4.78 is 12.0. The molecule has 2 N–H and O–H groups in total. The number of nitrogens with one attached hydrogen (secondary N) is 1. The van der Waals surface area contributed by atoms with Gasteiger partial charge in [0.2, 0.25) is 0 Å². The minimum Gasteiger partial charge on any atom is -0.400 e. The molecule has 0 aliphatic carbocycles. The minimum atomic E-state index is -0.519. The Kier molecular flexibility index (Phi) is 3.67. The predicted molar refractivity (Wildman–Crippen MR) is 89.4 cm³/mol. The maximum atomic E-state index is 9.73. The second-order valence-electron chi connectivity index (χ2n) is 6.79. The van der Waals surface area contributed by atoms with Crippen molar-refractivity contribution in [1.29, 1.82) is 0 Å². The number of aliphatic hydroxyl groups is 1. The number of aromatic amines is 1. The minimum absolute atomic E-state index is 0.0976. The molecule has 116 valence electrons. The van der Waals surface area contributed by atoms with Gasteiger partial charge in [-0.15, -0.1) is 0 Å². The second-order valence-corrected chi connectivity index (χ2v) is 6.79. The number of hydrogen-bond acceptors (Lipinski definition) is 3. The third kappa shape index (κ3) is 2.60. The number of aromatic nitrogens is 1. The third-order valence-electron chi connectivity index (χ3n) is 4.67. The van der Waals surface area contributed by atoms with Gasteiger partial charge in [-0.3, -0.25) is 0 Å². The fraction of sp³-hybridized carbons (Fsp3) is 0.412. The number of fused-ring (bicyclic) bond motifs is 1. The van der Waals surface area contributed by atoms with Crippen molar-refractivity contribution in [3.63, 3.8) is 0 Å². The summed E-state index contributed by atoms with van der Waals surface area (Å²) >= 11 is 0. The molecule has 22 heavy (non-hydrogen) atoms. The van der Waals surface area contributed by atoms with Crippen LogP contribution in [-0.2, 0) is 9.31 Å². The molecule has 2 heterocycles. The zero-order chi connectivity index (χ0) is 16.0. The van der Waals surface area contributed by atoms with Crippen LogP contribution in [0.4, 0.5) is 0 Å². The molecule has 4 nitrogen and oxygen atoms in total. The molecule has 2 aromatic rings. The van der Waals surface area contributed by atoms with Crippen LogP contribution in [0.5, 0.6) is 0 Å². The Morgan fingerprint density at radius 3 is 2.50 bits per heavy atom. The average Bonchev–Trinajstić information content (AvgIpc) is 2.98. The highest BCUT2D eigenvalue weighted by atomic mass is 16.7. The van der Waals surface area contributed by atoms with Gasteiger partial charge in [-0.2, -0.15) is 0 Å². The first-order valence-electron chi connectivity index (χ1n) is 7.56. The SMILES string of the molecule is CC1(C)OB(C(=Cc2ccc3cc[nH]c3c2)CO)OC1(C)C. The average molecular weight is 299 g/mol. The first kappa shape index (κ1) is 15.3. The van der Waals surface area contributed by atoms with Crippen molar-refractivity contribution >= 4 is 24.1 Å². The molecule has 0 atom stereocenters. The molecule has 1 aromatic heterocycles. The van der Waals surface area contributed by atoms with Gasteiger partial charge >= 0.3 is 7.12 Å². The van der Waals surface area contributed by atoms with Crippen LogP contribution < -0.4 is 0 Å². The van der Waals surface area contributed by atoms with Gasteiger partial charge in [0, 0.05) is 11.7 Å². The van der Waals surface area contributed by atoms with Crippen LogP contribution in [0.15, 0.2) is 35.9 Å². The van der Waals surface area contributed by atoms with Crippen LogP contribution in [0, 0.1) is 0 Å². The van der Waals surface area contributed by atoms with Gasteiger partial charge in [0.05, 0.1) is 17.8 Å². The van der Waals surface area contributed by atoms with E-state index in [9.17, 15) is 5.11 Å². The Morgan fingerprint density at radius 1 is 1.18 bits per heavy atom. The predicted octanol–water partition coefficient (Wildman–Crippen LogP) is 3.18. The van der Waals surface area contributed by atoms with Gasteiger partial charge in [0.1, 0.15) is 0 Å². The zero-order valence-electron chi connectivity index (χ0n) is 13.5. The quantitative estimate of drug-likeness (QED) is 0.856. The van der Waals surface area contributed by atoms with Gasteiger partial charge in [-0.25, -0.2) is 0 Å². The zero-order valence-corrected chi connectivity index (χ0v) is 13.5. The summed E-state index contributed by atoms with van der Waals surface area (Å²) in [5.74, 6) is 0. The topological polar surface area (TPSA) is 54.5 Å². The van der Waals surface area contributed by atoms with Gasteiger partial charge < -0.3 is 19.4 Å². The molecule has 0 bridgehead atoms. The molecule has 1 aromatic carbocycles. The molecule has 0 unspecified atom stereocenters. The summed E-state index contributed by atoms with van der Waals surface area (Å²) in [5.41, 5.74) is 1.99. The van der Waals surface area contributed by atoms with E-state index in [-0.39, 0.29) is 6.61 Å². The van der Waals surface area contributed by atoms with Crippen LogP contribution in [0.2, 0.25) is 0 Å². The third-order valence-corrected chi connectivity index (χ3v) is 4.67. The maximum absolute atomic E-state index is 9.73. The van der Waals surface area contributed by atoms with E-state index in [1.54, 1.807) is 0 Å². The lowest BCUT2D eigenvalue weighted by Crippen LogP contribution is -2.41. The summed E-state index contributed by atoms with van der Waals surface area (Å²) in [5, 5.41) is 10.9. The number of H-pyrrole nitrogens is 1. The molecule has 1 aliphatic heterocycles. The molecular weight excluding hydrogens is 277 g/mol.